The number of anilines is 1. The van der Waals surface area contributed by atoms with Crippen molar-refractivity contribution < 1.29 is 8.42 Å². The molecular weight excluding hydrogens is 280 g/mol. The lowest BCUT2D eigenvalue weighted by Gasteiger charge is -2.40. The van der Waals surface area contributed by atoms with Crippen molar-refractivity contribution in [2.75, 3.05) is 25.2 Å². The van der Waals surface area contributed by atoms with Gasteiger partial charge in [0.2, 0.25) is 10.0 Å². The van der Waals surface area contributed by atoms with E-state index < -0.39 is 10.0 Å². The summed E-state index contributed by atoms with van der Waals surface area (Å²) in [6.45, 7) is 0.810. The molecule has 1 aliphatic carbocycles. The standard InChI is InChI=1S/C13H20N2O2S2/c1-14-19(16,17)12-7-4-3-6-11(12)15-10-13(18-2)8-5-9-13/h3-4,6-7,14-15H,5,8-10H2,1-2H3. The first-order valence-corrected chi connectivity index (χ1v) is 9.05. The Bertz CT molecular complexity index is 534. The molecule has 2 N–H and O–H groups in total. The molecule has 6 heteroatoms. The second kappa shape index (κ2) is 5.73. The number of sulfonamides is 1. The lowest BCUT2D eigenvalue weighted by atomic mass is 9.84. The monoisotopic (exact) mass is 300 g/mol. The molecule has 0 amide bonds. The topological polar surface area (TPSA) is 58.2 Å². The van der Waals surface area contributed by atoms with Crippen molar-refractivity contribution in [2.45, 2.75) is 28.9 Å². The number of thioether (sulfide) groups is 1. The van der Waals surface area contributed by atoms with Crippen molar-refractivity contribution in [2.24, 2.45) is 0 Å². The van der Waals surface area contributed by atoms with E-state index in [4.69, 9.17) is 0 Å². The summed E-state index contributed by atoms with van der Waals surface area (Å²) in [7, 11) is -1.98. The van der Waals surface area contributed by atoms with Crippen LogP contribution in [0.2, 0.25) is 0 Å². The van der Waals surface area contributed by atoms with Crippen LogP contribution in [-0.4, -0.2) is 33.0 Å². The van der Waals surface area contributed by atoms with Crippen LogP contribution < -0.4 is 10.0 Å². The van der Waals surface area contributed by atoms with Crippen LogP contribution in [0.5, 0.6) is 0 Å². The van der Waals surface area contributed by atoms with Crippen molar-refractivity contribution in [1.29, 1.82) is 0 Å². The largest absolute Gasteiger partial charge is 0.383 e. The Morgan fingerprint density at radius 3 is 2.53 bits per heavy atom. The fraction of sp³-hybridized carbons (Fsp3) is 0.538. The smallest absolute Gasteiger partial charge is 0.242 e. The zero-order valence-corrected chi connectivity index (χ0v) is 12.9. The lowest BCUT2D eigenvalue weighted by molar-refractivity contribution is 0.379. The van der Waals surface area contributed by atoms with Gasteiger partial charge in [-0.3, -0.25) is 0 Å². The summed E-state index contributed by atoms with van der Waals surface area (Å²) in [6, 6.07) is 7.03. The van der Waals surface area contributed by atoms with E-state index in [9.17, 15) is 8.42 Å². The van der Waals surface area contributed by atoms with E-state index in [-0.39, 0.29) is 4.75 Å². The van der Waals surface area contributed by atoms with Gasteiger partial charge in [-0.1, -0.05) is 18.6 Å². The molecule has 0 bridgehead atoms. The Labute approximate surface area is 119 Å². The van der Waals surface area contributed by atoms with Gasteiger partial charge in [0.15, 0.2) is 0 Å². The minimum absolute atomic E-state index is 0.274. The normalized spacial score (nSPS) is 17.8. The van der Waals surface area contributed by atoms with Gasteiger partial charge in [0.25, 0.3) is 0 Å². The second-order valence-corrected chi connectivity index (χ2v) is 7.93. The van der Waals surface area contributed by atoms with Crippen LogP contribution in [0.25, 0.3) is 0 Å². The summed E-state index contributed by atoms with van der Waals surface area (Å²) in [4.78, 5) is 0.313. The highest BCUT2D eigenvalue weighted by Gasteiger charge is 2.36. The number of hydrogen-bond donors (Lipinski definition) is 2. The number of benzene rings is 1. The average molecular weight is 300 g/mol. The number of hydrogen-bond acceptors (Lipinski definition) is 4. The SMILES string of the molecule is CNS(=O)(=O)c1ccccc1NCC1(SC)CCC1. The summed E-state index contributed by atoms with van der Waals surface area (Å²) < 4.78 is 26.5. The van der Waals surface area contributed by atoms with Crippen molar-refractivity contribution in [3.05, 3.63) is 24.3 Å². The van der Waals surface area contributed by atoms with E-state index in [2.05, 4.69) is 16.3 Å². The molecule has 0 spiro atoms. The first-order chi connectivity index (χ1) is 9.03. The first kappa shape index (κ1) is 14.7. The molecule has 1 aromatic rings. The van der Waals surface area contributed by atoms with E-state index in [1.807, 2.05) is 23.9 Å². The summed E-state index contributed by atoms with van der Waals surface area (Å²) in [5.41, 5.74) is 0.678. The van der Waals surface area contributed by atoms with E-state index in [1.54, 1.807) is 12.1 Å². The van der Waals surface area contributed by atoms with E-state index in [1.165, 1.54) is 26.3 Å². The molecular formula is C13H20N2O2S2. The Hall–Kier alpha value is -0.720. The van der Waals surface area contributed by atoms with E-state index in [0.29, 0.717) is 10.6 Å². The van der Waals surface area contributed by atoms with Gasteiger partial charge in [0.05, 0.1) is 5.69 Å². The Morgan fingerprint density at radius 2 is 2.00 bits per heavy atom. The molecule has 2 rings (SSSR count). The highest BCUT2D eigenvalue weighted by atomic mass is 32.2. The van der Waals surface area contributed by atoms with Crippen molar-refractivity contribution in [3.63, 3.8) is 0 Å². The van der Waals surface area contributed by atoms with Crippen LogP contribution in [0.3, 0.4) is 0 Å². The van der Waals surface area contributed by atoms with Gasteiger partial charge in [-0.25, -0.2) is 13.1 Å². The summed E-state index contributed by atoms with van der Waals surface area (Å²) >= 11 is 1.87. The second-order valence-electron chi connectivity index (χ2n) is 4.80. The van der Waals surface area contributed by atoms with Gasteiger partial charge in [0, 0.05) is 11.3 Å². The molecule has 0 radical (unpaired) electrons. The van der Waals surface area contributed by atoms with Gasteiger partial charge >= 0.3 is 0 Å². The van der Waals surface area contributed by atoms with Gasteiger partial charge in [-0.2, -0.15) is 11.8 Å². The van der Waals surface area contributed by atoms with Gasteiger partial charge in [-0.15, -0.1) is 0 Å². The van der Waals surface area contributed by atoms with Crippen molar-refractivity contribution in [3.8, 4) is 0 Å². The number of nitrogens with one attached hydrogen (secondary N) is 2. The summed E-state index contributed by atoms with van der Waals surface area (Å²) in [5.74, 6) is 0. The van der Waals surface area contributed by atoms with Crippen LogP contribution >= 0.6 is 11.8 Å². The number of rotatable bonds is 6. The lowest BCUT2D eigenvalue weighted by Crippen LogP contribution is -2.40. The molecule has 1 saturated carbocycles. The predicted molar refractivity (Wildman–Crippen MR) is 81.3 cm³/mol. The Balaban J connectivity index is 2.17. The minimum atomic E-state index is -3.41. The third kappa shape index (κ3) is 3.07. The first-order valence-electron chi connectivity index (χ1n) is 6.35. The van der Waals surface area contributed by atoms with Crippen molar-refractivity contribution >= 4 is 27.5 Å². The van der Waals surface area contributed by atoms with Gasteiger partial charge < -0.3 is 5.32 Å². The van der Waals surface area contributed by atoms with Gasteiger partial charge in [-0.05, 0) is 38.3 Å². The molecule has 106 valence electrons. The fourth-order valence-electron chi connectivity index (χ4n) is 2.24. The number of para-hydroxylation sites is 1. The zero-order chi connectivity index (χ0) is 13.9. The van der Waals surface area contributed by atoms with Crippen LogP contribution in [-0.2, 0) is 10.0 Å². The molecule has 0 heterocycles. The summed E-state index contributed by atoms with van der Waals surface area (Å²) in [6.07, 6.45) is 5.78. The van der Waals surface area contributed by atoms with Crippen molar-refractivity contribution in [1.82, 2.24) is 4.72 Å². The molecule has 1 aromatic carbocycles. The molecule has 0 atom stereocenters. The molecule has 19 heavy (non-hydrogen) atoms. The highest BCUT2D eigenvalue weighted by Crippen LogP contribution is 2.42. The van der Waals surface area contributed by atoms with Gasteiger partial charge in [0.1, 0.15) is 4.90 Å². The van der Waals surface area contributed by atoms with Crippen LogP contribution in [0, 0.1) is 0 Å². The average Bonchev–Trinajstić information content (AvgIpc) is 2.38. The molecule has 1 fully saturated rings. The highest BCUT2D eigenvalue weighted by molar-refractivity contribution is 8.00. The minimum Gasteiger partial charge on any atom is -0.383 e. The third-order valence-electron chi connectivity index (χ3n) is 3.74. The quantitative estimate of drug-likeness (QED) is 0.846. The predicted octanol–water partition coefficient (Wildman–Crippen LogP) is 2.29. The molecule has 0 aliphatic heterocycles. The van der Waals surface area contributed by atoms with Crippen LogP contribution in [0.15, 0.2) is 29.2 Å². The third-order valence-corrected chi connectivity index (χ3v) is 6.64. The Morgan fingerprint density at radius 1 is 1.32 bits per heavy atom. The molecule has 0 aromatic heterocycles. The maximum absolute atomic E-state index is 11.9. The maximum atomic E-state index is 11.9. The summed E-state index contributed by atoms with van der Waals surface area (Å²) in [5, 5.41) is 3.31. The van der Waals surface area contributed by atoms with Crippen LogP contribution in [0.4, 0.5) is 5.69 Å². The Kier molecular flexibility index (Phi) is 4.43. The fourth-order valence-corrected chi connectivity index (χ4v) is 4.06. The van der Waals surface area contributed by atoms with E-state index >= 15 is 0 Å². The zero-order valence-electron chi connectivity index (χ0n) is 11.3. The molecule has 4 nitrogen and oxygen atoms in total. The molecule has 0 saturated heterocycles. The maximum Gasteiger partial charge on any atom is 0.242 e. The molecule has 0 unspecified atom stereocenters. The molecule has 1 aliphatic rings. The van der Waals surface area contributed by atoms with Crippen LogP contribution in [0.1, 0.15) is 19.3 Å². The van der Waals surface area contributed by atoms with E-state index in [0.717, 1.165) is 6.54 Å².